The van der Waals surface area contributed by atoms with Gasteiger partial charge in [0.15, 0.2) is 0 Å². The highest BCUT2D eigenvalue weighted by atomic mass is 127. The average molecular weight is 317 g/mol. The van der Waals surface area contributed by atoms with E-state index in [4.69, 9.17) is 5.11 Å². The third-order valence-corrected chi connectivity index (χ3v) is 3.01. The van der Waals surface area contributed by atoms with E-state index >= 15 is 0 Å². The number of fused-ring (bicyclic) bond motifs is 1. The van der Waals surface area contributed by atoms with Crippen LogP contribution in [0.3, 0.4) is 0 Å². The molecule has 78 valence electrons. The summed E-state index contributed by atoms with van der Waals surface area (Å²) in [5, 5.41) is 11.4. The highest BCUT2D eigenvalue weighted by molar-refractivity contribution is 14.1. The van der Waals surface area contributed by atoms with Crippen molar-refractivity contribution >= 4 is 40.2 Å². The summed E-state index contributed by atoms with van der Waals surface area (Å²) in [4.78, 5) is 22.1. The van der Waals surface area contributed by atoms with E-state index < -0.39 is 11.9 Å². The maximum absolute atomic E-state index is 11.5. The molecule has 1 aromatic rings. The first-order chi connectivity index (χ1) is 7.08. The molecule has 0 bridgehead atoms. The Hall–Kier alpha value is -1.11. The van der Waals surface area contributed by atoms with E-state index in [0.29, 0.717) is 0 Å². The topological polar surface area (TPSA) is 66.4 Å². The number of nitrogens with one attached hydrogen (secondary N) is 1. The van der Waals surface area contributed by atoms with Crippen LogP contribution in [0.1, 0.15) is 17.9 Å². The van der Waals surface area contributed by atoms with Gasteiger partial charge in [0.05, 0.1) is 12.3 Å². The van der Waals surface area contributed by atoms with Gasteiger partial charge >= 0.3 is 5.97 Å². The van der Waals surface area contributed by atoms with Gasteiger partial charge in [-0.25, -0.2) is 0 Å². The lowest BCUT2D eigenvalue weighted by Gasteiger charge is -2.04. The zero-order valence-corrected chi connectivity index (χ0v) is 9.82. The number of carboxylic acid groups (broad SMARTS) is 1. The molecule has 0 saturated carbocycles. The fraction of sp³-hybridized carbons (Fsp3) is 0.200. The van der Waals surface area contributed by atoms with Crippen LogP contribution in [0.25, 0.3) is 0 Å². The maximum Gasteiger partial charge on any atom is 0.304 e. The first kappa shape index (κ1) is 10.4. The predicted octanol–water partition coefficient (Wildman–Crippen LogP) is 1.80. The molecule has 1 atom stereocenters. The van der Waals surface area contributed by atoms with Crippen LogP contribution >= 0.6 is 22.6 Å². The van der Waals surface area contributed by atoms with E-state index in [1.54, 1.807) is 6.07 Å². The summed E-state index contributed by atoms with van der Waals surface area (Å²) in [7, 11) is 0. The Balaban J connectivity index is 2.39. The molecule has 1 aliphatic rings. The normalized spacial score (nSPS) is 18.5. The number of aliphatic carboxylic acids is 1. The van der Waals surface area contributed by atoms with Crippen LogP contribution in [0.5, 0.6) is 0 Å². The highest BCUT2D eigenvalue weighted by Crippen LogP contribution is 2.35. The molecule has 0 aromatic heterocycles. The van der Waals surface area contributed by atoms with E-state index in [-0.39, 0.29) is 12.3 Å². The molecule has 0 radical (unpaired) electrons. The lowest BCUT2D eigenvalue weighted by Crippen LogP contribution is -2.15. The number of hydrogen-bond acceptors (Lipinski definition) is 2. The summed E-state index contributed by atoms with van der Waals surface area (Å²) in [6.45, 7) is 0. The first-order valence-electron chi connectivity index (χ1n) is 4.40. The van der Waals surface area contributed by atoms with Crippen molar-refractivity contribution in [2.45, 2.75) is 12.3 Å². The van der Waals surface area contributed by atoms with Crippen LogP contribution in [-0.2, 0) is 9.59 Å². The van der Waals surface area contributed by atoms with E-state index in [9.17, 15) is 9.59 Å². The van der Waals surface area contributed by atoms with Crippen molar-refractivity contribution in [1.82, 2.24) is 0 Å². The fourth-order valence-corrected chi connectivity index (χ4v) is 2.19. The molecule has 0 aliphatic carbocycles. The minimum atomic E-state index is -0.957. The summed E-state index contributed by atoms with van der Waals surface area (Å²) in [5.41, 5.74) is 1.51. The van der Waals surface area contributed by atoms with Gasteiger partial charge in [0.1, 0.15) is 0 Å². The van der Waals surface area contributed by atoms with Gasteiger partial charge in [0, 0.05) is 9.26 Å². The summed E-state index contributed by atoms with van der Waals surface area (Å²) >= 11 is 2.14. The molecule has 4 nitrogen and oxygen atoms in total. The van der Waals surface area contributed by atoms with E-state index in [1.165, 1.54) is 0 Å². The van der Waals surface area contributed by atoms with Crippen molar-refractivity contribution in [1.29, 1.82) is 0 Å². The summed E-state index contributed by atoms with van der Waals surface area (Å²) < 4.78 is 0.998. The molecule has 0 saturated heterocycles. The van der Waals surface area contributed by atoms with E-state index in [0.717, 1.165) is 14.8 Å². The van der Waals surface area contributed by atoms with Crippen LogP contribution in [0, 0.1) is 3.57 Å². The van der Waals surface area contributed by atoms with Crippen LogP contribution in [-0.4, -0.2) is 17.0 Å². The Kier molecular flexibility index (Phi) is 2.64. The molecule has 1 aromatic carbocycles. The number of benzene rings is 1. The fourth-order valence-electron chi connectivity index (χ4n) is 1.67. The molecule has 1 aliphatic heterocycles. The molecule has 1 unspecified atom stereocenters. The van der Waals surface area contributed by atoms with Crippen molar-refractivity contribution in [3.63, 3.8) is 0 Å². The zero-order valence-electron chi connectivity index (χ0n) is 7.66. The monoisotopic (exact) mass is 317 g/mol. The molecule has 2 N–H and O–H groups in total. The van der Waals surface area contributed by atoms with Gasteiger partial charge in [0.2, 0.25) is 5.91 Å². The lowest BCUT2D eigenvalue weighted by molar-refractivity contribution is -0.138. The van der Waals surface area contributed by atoms with Gasteiger partial charge in [-0.15, -0.1) is 0 Å². The van der Waals surface area contributed by atoms with Gasteiger partial charge in [-0.3, -0.25) is 9.59 Å². The minimum absolute atomic E-state index is 0.154. The maximum atomic E-state index is 11.5. The Bertz CT molecular complexity index is 444. The smallest absolute Gasteiger partial charge is 0.304 e. The second-order valence-electron chi connectivity index (χ2n) is 3.37. The Morgan fingerprint density at radius 3 is 2.93 bits per heavy atom. The number of anilines is 1. The molecule has 0 spiro atoms. The number of hydrogen-bond donors (Lipinski definition) is 2. The van der Waals surface area contributed by atoms with Crippen LogP contribution in [0.15, 0.2) is 18.2 Å². The first-order valence-corrected chi connectivity index (χ1v) is 5.48. The molecule has 5 heteroatoms. The molecule has 15 heavy (non-hydrogen) atoms. The van der Waals surface area contributed by atoms with Crippen molar-refractivity contribution in [2.24, 2.45) is 0 Å². The van der Waals surface area contributed by atoms with Gasteiger partial charge < -0.3 is 10.4 Å². The summed E-state index contributed by atoms with van der Waals surface area (Å²) in [6, 6.07) is 5.53. The Labute approximate surface area is 99.8 Å². The molecule has 0 fully saturated rings. The van der Waals surface area contributed by atoms with E-state index in [1.807, 2.05) is 12.1 Å². The molecular formula is C10H8INO3. The largest absolute Gasteiger partial charge is 0.481 e. The van der Waals surface area contributed by atoms with Crippen LogP contribution < -0.4 is 5.32 Å². The van der Waals surface area contributed by atoms with Gasteiger partial charge in [-0.05, 0) is 46.4 Å². The average Bonchev–Trinajstić information content (AvgIpc) is 2.43. The van der Waals surface area contributed by atoms with Gasteiger partial charge in [-0.1, -0.05) is 0 Å². The lowest BCUT2D eigenvalue weighted by atomic mass is 9.97. The van der Waals surface area contributed by atoms with Crippen molar-refractivity contribution < 1.29 is 14.7 Å². The molecular weight excluding hydrogens is 309 g/mol. The number of amides is 1. The number of halogens is 1. The Morgan fingerprint density at radius 1 is 1.53 bits per heavy atom. The number of rotatable bonds is 2. The van der Waals surface area contributed by atoms with Crippen LogP contribution in [0.2, 0.25) is 0 Å². The zero-order chi connectivity index (χ0) is 11.0. The van der Waals surface area contributed by atoms with Gasteiger partial charge in [-0.2, -0.15) is 0 Å². The molecule has 2 rings (SSSR count). The number of carbonyl (C=O) groups excluding carboxylic acids is 1. The van der Waals surface area contributed by atoms with Crippen molar-refractivity contribution in [2.75, 3.05) is 5.32 Å². The van der Waals surface area contributed by atoms with Crippen molar-refractivity contribution in [3.8, 4) is 0 Å². The predicted molar refractivity (Wildman–Crippen MR) is 62.8 cm³/mol. The SMILES string of the molecule is O=C(O)CC1C(=O)Nc2ccc(I)cc21. The third kappa shape index (κ3) is 1.97. The second-order valence-corrected chi connectivity index (χ2v) is 4.62. The van der Waals surface area contributed by atoms with Crippen LogP contribution in [0.4, 0.5) is 5.69 Å². The summed E-state index contributed by atoms with van der Waals surface area (Å²) in [6.07, 6.45) is -0.154. The second kappa shape index (κ2) is 3.80. The number of carboxylic acids is 1. The minimum Gasteiger partial charge on any atom is -0.481 e. The quantitative estimate of drug-likeness (QED) is 0.818. The number of carbonyl (C=O) groups is 2. The standard InChI is InChI=1S/C10H8INO3/c11-5-1-2-8-6(3-5)7(4-9(13)14)10(15)12-8/h1-3,7H,4H2,(H,12,15)(H,13,14). The summed E-state index contributed by atoms with van der Waals surface area (Å²) in [5.74, 6) is -1.73. The molecule has 1 amide bonds. The van der Waals surface area contributed by atoms with E-state index in [2.05, 4.69) is 27.9 Å². The highest BCUT2D eigenvalue weighted by Gasteiger charge is 2.32. The Morgan fingerprint density at radius 2 is 2.27 bits per heavy atom. The van der Waals surface area contributed by atoms with Gasteiger partial charge in [0.25, 0.3) is 0 Å². The molecule has 1 heterocycles. The third-order valence-electron chi connectivity index (χ3n) is 2.34. The van der Waals surface area contributed by atoms with Crippen molar-refractivity contribution in [3.05, 3.63) is 27.3 Å².